The van der Waals surface area contributed by atoms with E-state index in [0.29, 0.717) is 0 Å². The molecule has 0 saturated carbocycles. The first-order chi connectivity index (χ1) is 4.72. The number of carbonyl (C=O) groups is 1. The summed E-state index contributed by atoms with van der Waals surface area (Å²) in [6, 6.07) is 3.13. The minimum atomic E-state index is -0.980. The fourth-order valence-corrected chi connectivity index (χ4v) is 0.625. The van der Waals surface area contributed by atoms with Crippen molar-refractivity contribution in [3.8, 4) is 0 Å². The zero-order chi connectivity index (χ0) is 7.56. The monoisotopic (exact) mass is 140 g/mol. The van der Waals surface area contributed by atoms with Crippen LogP contribution < -0.4 is 0 Å². The molecule has 0 radical (unpaired) electrons. The molecule has 10 heavy (non-hydrogen) atoms. The zero-order valence-electron chi connectivity index (χ0n) is 5.57. The maximum Gasteiger partial charge on any atom is 0.226 e. The summed E-state index contributed by atoms with van der Waals surface area (Å²) in [6.45, 7) is 1.41. The molecule has 0 aliphatic carbocycles. The van der Waals surface area contributed by atoms with E-state index in [1.165, 1.54) is 19.3 Å². The summed E-state index contributed by atoms with van der Waals surface area (Å²) in [5, 5.41) is 8.78. The number of rotatable bonds is 2. The summed E-state index contributed by atoms with van der Waals surface area (Å²) < 4.78 is 4.75. The van der Waals surface area contributed by atoms with E-state index in [1.807, 2.05) is 0 Å². The normalized spacial score (nSPS) is 13.0. The van der Waals surface area contributed by atoms with Gasteiger partial charge in [0.1, 0.15) is 6.10 Å². The standard InChI is InChI=1S/C7H8O3/c1-5(8)7(9)6-3-2-4-10-6/h2-5,8H,1H3. The Hall–Kier alpha value is -1.09. The van der Waals surface area contributed by atoms with Crippen molar-refractivity contribution in [3.63, 3.8) is 0 Å². The smallest absolute Gasteiger partial charge is 0.226 e. The number of aliphatic hydroxyl groups is 1. The van der Waals surface area contributed by atoms with Crippen LogP contribution in [-0.2, 0) is 0 Å². The molecule has 0 aliphatic rings. The number of aliphatic hydroxyl groups excluding tert-OH is 1. The molecular formula is C7H8O3. The largest absolute Gasteiger partial charge is 0.461 e. The number of hydrogen-bond donors (Lipinski definition) is 1. The third kappa shape index (κ3) is 1.25. The van der Waals surface area contributed by atoms with Gasteiger partial charge in [0.05, 0.1) is 6.26 Å². The van der Waals surface area contributed by atoms with Gasteiger partial charge in [-0.1, -0.05) is 0 Å². The predicted molar refractivity (Wildman–Crippen MR) is 34.7 cm³/mol. The molecule has 1 atom stereocenters. The summed E-state index contributed by atoms with van der Waals surface area (Å²) in [5.74, 6) is -0.181. The average Bonchev–Trinajstić information content (AvgIpc) is 2.36. The lowest BCUT2D eigenvalue weighted by Crippen LogP contribution is -2.14. The molecule has 0 fully saturated rings. The number of Topliss-reactive ketones (excluding diaryl/α,β-unsaturated/α-hetero) is 1. The summed E-state index contributed by atoms with van der Waals surface area (Å²) in [5.41, 5.74) is 0. The van der Waals surface area contributed by atoms with E-state index >= 15 is 0 Å². The van der Waals surface area contributed by atoms with Gasteiger partial charge in [-0.3, -0.25) is 4.79 Å². The van der Waals surface area contributed by atoms with Crippen LogP contribution in [0.15, 0.2) is 22.8 Å². The van der Waals surface area contributed by atoms with Crippen LogP contribution in [0.4, 0.5) is 0 Å². The second-order valence-electron chi connectivity index (χ2n) is 2.02. The molecule has 54 valence electrons. The van der Waals surface area contributed by atoms with Gasteiger partial charge in [-0.2, -0.15) is 0 Å². The van der Waals surface area contributed by atoms with Crippen LogP contribution in [0, 0.1) is 0 Å². The van der Waals surface area contributed by atoms with E-state index in [2.05, 4.69) is 0 Å². The first kappa shape index (κ1) is 7.02. The molecule has 1 aromatic rings. The Morgan fingerprint density at radius 3 is 2.90 bits per heavy atom. The van der Waals surface area contributed by atoms with Gasteiger partial charge >= 0.3 is 0 Å². The molecule has 1 aromatic heterocycles. The first-order valence-corrected chi connectivity index (χ1v) is 2.97. The van der Waals surface area contributed by atoms with Crippen LogP contribution in [-0.4, -0.2) is 17.0 Å². The summed E-state index contributed by atoms with van der Waals surface area (Å²) in [6.07, 6.45) is 0.418. The minimum Gasteiger partial charge on any atom is -0.461 e. The van der Waals surface area contributed by atoms with Crippen LogP contribution in [0.25, 0.3) is 0 Å². The predicted octanol–water partition coefficient (Wildman–Crippen LogP) is 0.843. The van der Waals surface area contributed by atoms with Gasteiger partial charge in [0.15, 0.2) is 5.76 Å². The molecule has 0 aromatic carbocycles. The van der Waals surface area contributed by atoms with Crippen molar-refractivity contribution in [2.24, 2.45) is 0 Å². The van der Waals surface area contributed by atoms with E-state index < -0.39 is 6.10 Å². The maximum atomic E-state index is 10.9. The van der Waals surface area contributed by atoms with E-state index in [4.69, 9.17) is 9.52 Å². The Morgan fingerprint density at radius 1 is 1.80 bits per heavy atom. The quantitative estimate of drug-likeness (QED) is 0.619. The lowest BCUT2D eigenvalue weighted by atomic mass is 10.2. The van der Waals surface area contributed by atoms with E-state index in [0.717, 1.165) is 0 Å². The van der Waals surface area contributed by atoms with Crippen LogP contribution in [0.1, 0.15) is 17.5 Å². The van der Waals surface area contributed by atoms with Crippen molar-refractivity contribution in [2.75, 3.05) is 0 Å². The SMILES string of the molecule is CC(O)C(=O)c1ccco1. The first-order valence-electron chi connectivity index (χ1n) is 2.97. The summed E-state index contributed by atoms with van der Waals surface area (Å²) >= 11 is 0. The van der Waals surface area contributed by atoms with Gasteiger partial charge in [0.25, 0.3) is 0 Å². The number of hydrogen-bond acceptors (Lipinski definition) is 3. The van der Waals surface area contributed by atoms with E-state index in [-0.39, 0.29) is 11.5 Å². The molecule has 1 rings (SSSR count). The highest BCUT2D eigenvalue weighted by Crippen LogP contribution is 2.03. The van der Waals surface area contributed by atoms with Crippen LogP contribution >= 0.6 is 0 Å². The molecule has 3 heteroatoms. The molecule has 3 nitrogen and oxygen atoms in total. The van der Waals surface area contributed by atoms with Crippen molar-refractivity contribution in [1.29, 1.82) is 0 Å². The van der Waals surface area contributed by atoms with Gasteiger partial charge in [0, 0.05) is 0 Å². The third-order valence-electron chi connectivity index (χ3n) is 1.14. The van der Waals surface area contributed by atoms with Crippen LogP contribution in [0.2, 0.25) is 0 Å². The van der Waals surface area contributed by atoms with Crippen molar-refractivity contribution in [3.05, 3.63) is 24.2 Å². The Bertz CT molecular complexity index is 211. The molecule has 0 spiro atoms. The fourth-order valence-electron chi connectivity index (χ4n) is 0.625. The molecular weight excluding hydrogens is 132 g/mol. The minimum absolute atomic E-state index is 0.204. The average molecular weight is 140 g/mol. The van der Waals surface area contributed by atoms with Crippen molar-refractivity contribution in [2.45, 2.75) is 13.0 Å². The summed E-state index contributed by atoms with van der Waals surface area (Å²) in [4.78, 5) is 10.9. The molecule has 1 heterocycles. The van der Waals surface area contributed by atoms with Crippen LogP contribution in [0.3, 0.4) is 0 Å². The topological polar surface area (TPSA) is 50.4 Å². The second kappa shape index (κ2) is 2.66. The third-order valence-corrected chi connectivity index (χ3v) is 1.14. The number of furan rings is 1. The molecule has 1 N–H and O–H groups in total. The van der Waals surface area contributed by atoms with Gasteiger partial charge in [-0.15, -0.1) is 0 Å². The van der Waals surface area contributed by atoms with Crippen molar-refractivity contribution < 1.29 is 14.3 Å². The number of carbonyl (C=O) groups excluding carboxylic acids is 1. The maximum absolute atomic E-state index is 10.9. The Labute approximate surface area is 58.3 Å². The Morgan fingerprint density at radius 2 is 2.50 bits per heavy atom. The van der Waals surface area contributed by atoms with Crippen LogP contribution in [0.5, 0.6) is 0 Å². The Balaban J connectivity index is 2.78. The van der Waals surface area contributed by atoms with Gasteiger partial charge in [-0.05, 0) is 19.1 Å². The Kier molecular flexibility index (Phi) is 1.87. The highest BCUT2D eigenvalue weighted by molar-refractivity contribution is 5.96. The molecule has 0 bridgehead atoms. The highest BCUT2D eigenvalue weighted by atomic mass is 16.3. The van der Waals surface area contributed by atoms with Gasteiger partial charge < -0.3 is 9.52 Å². The zero-order valence-corrected chi connectivity index (χ0v) is 5.57. The lowest BCUT2D eigenvalue weighted by Gasteiger charge is -1.96. The van der Waals surface area contributed by atoms with E-state index in [1.54, 1.807) is 6.07 Å². The fraction of sp³-hybridized carbons (Fsp3) is 0.286. The molecule has 0 saturated heterocycles. The number of ketones is 1. The second-order valence-corrected chi connectivity index (χ2v) is 2.02. The molecule has 0 amide bonds. The van der Waals surface area contributed by atoms with E-state index in [9.17, 15) is 4.79 Å². The highest BCUT2D eigenvalue weighted by Gasteiger charge is 2.13. The van der Waals surface area contributed by atoms with Crippen molar-refractivity contribution >= 4 is 5.78 Å². The summed E-state index contributed by atoms with van der Waals surface area (Å²) in [7, 11) is 0. The lowest BCUT2D eigenvalue weighted by molar-refractivity contribution is 0.0750. The van der Waals surface area contributed by atoms with Gasteiger partial charge in [0.2, 0.25) is 5.78 Å². The van der Waals surface area contributed by atoms with Crippen molar-refractivity contribution in [1.82, 2.24) is 0 Å². The van der Waals surface area contributed by atoms with Gasteiger partial charge in [-0.25, -0.2) is 0 Å². The molecule has 0 aliphatic heterocycles. The molecule has 1 unspecified atom stereocenters.